The number of Topliss-reactive ketones (excluding diaryl/α,β-unsaturated/α-hetero) is 1. The molecule has 0 aromatic heterocycles. The lowest BCUT2D eigenvalue weighted by Gasteiger charge is -2.10. The van der Waals surface area contributed by atoms with Crippen LogP contribution in [0.1, 0.15) is 35.3 Å². The molecular formula is C11H16ClNO2. The molecule has 3 N–H and O–H groups in total. The summed E-state index contributed by atoms with van der Waals surface area (Å²) in [6.45, 7) is 1.61. The van der Waals surface area contributed by atoms with Gasteiger partial charge in [-0.2, -0.15) is 0 Å². The van der Waals surface area contributed by atoms with Gasteiger partial charge < -0.3 is 10.8 Å². The Labute approximate surface area is 95.7 Å². The molecule has 0 amide bonds. The van der Waals surface area contributed by atoms with Gasteiger partial charge in [0.2, 0.25) is 0 Å². The second-order valence-electron chi connectivity index (χ2n) is 3.30. The number of carbonyl (C=O) groups excluding carboxylic acids is 1. The summed E-state index contributed by atoms with van der Waals surface area (Å²) in [5.74, 6) is 0.0484. The second kappa shape index (κ2) is 6.56. The van der Waals surface area contributed by atoms with Crippen molar-refractivity contribution in [3.05, 3.63) is 35.4 Å². The van der Waals surface area contributed by atoms with E-state index >= 15 is 0 Å². The van der Waals surface area contributed by atoms with Crippen LogP contribution in [0.5, 0.6) is 0 Å². The van der Waals surface area contributed by atoms with E-state index in [1.807, 2.05) is 12.1 Å². The number of ketones is 1. The summed E-state index contributed by atoms with van der Waals surface area (Å²) in [5.41, 5.74) is 7.42. The first-order valence-corrected chi connectivity index (χ1v) is 4.62. The maximum atomic E-state index is 11.0. The molecule has 0 fully saturated rings. The average Bonchev–Trinajstić information content (AvgIpc) is 2.18. The molecule has 1 aromatic rings. The van der Waals surface area contributed by atoms with E-state index in [0.717, 1.165) is 5.56 Å². The molecule has 0 bridgehead atoms. The molecule has 0 radical (unpaired) electrons. The third kappa shape index (κ3) is 4.00. The number of halogens is 1. The molecule has 0 aliphatic heterocycles. The molecule has 0 saturated carbocycles. The minimum Gasteiger partial charge on any atom is -0.396 e. The van der Waals surface area contributed by atoms with Gasteiger partial charge in [0, 0.05) is 18.2 Å². The Hall–Kier alpha value is -0.900. The van der Waals surface area contributed by atoms with Crippen molar-refractivity contribution in [1.82, 2.24) is 0 Å². The Morgan fingerprint density at radius 1 is 1.40 bits per heavy atom. The molecule has 0 aliphatic carbocycles. The lowest BCUT2D eigenvalue weighted by Crippen LogP contribution is -2.11. The highest BCUT2D eigenvalue weighted by Crippen LogP contribution is 2.14. The highest BCUT2D eigenvalue weighted by Gasteiger charge is 2.05. The summed E-state index contributed by atoms with van der Waals surface area (Å²) in [6.07, 6.45) is 0.541. The molecule has 1 rings (SSSR count). The fraction of sp³-hybridized carbons (Fsp3) is 0.364. The Morgan fingerprint density at radius 2 is 1.93 bits per heavy atom. The van der Waals surface area contributed by atoms with Crippen molar-refractivity contribution >= 4 is 18.2 Å². The van der Waals surface area contributed by atoms with Crippen molar-refractivity contribution in [2.45, 2.75) is 19.4 Å². The Morgan fingerprint density at radius 3 is 2.33 bits per heavy atom. The van der Waals surface area contributed by atoms with E-state index in [4.69, 9.17) is 10.8 Å². The lowest BCUT2D eigenvalue weighted by molar-refractivity contribution is 0.101. The van der Waals surface area contributed by atoms with E-state index in [-0.39, 0.29) is 30.8 Å². The quantitative estimate of drug-likeness (QED) is 0.773. The fourth-order valence-corrected chi connectivity index (χ4v) is 1.27. The van der Waals surface area contributed by atoms with Gasteiger partial charge in [0.05, 0.1) is 0 Å². The summed E-state index contributed by atoms with van der Waals surface area (Å²) < 4.78 is 0. The number of rotatable bonds is 4. The number of aliphatic hydroxyl groups is 1. The van der Waals surface area contributed by atoms with Crippen molar-refractivity contribution < 1.29 is 9.90 Å². The van der Waals surface area contributed by atoms with Gasteiger partial charge in [0.25, 0.3) is 0 Å². The predicted octanol–water partition coefficient (Wildman–Crippen LogP) is 1.69. The molecule has 0 saturated heterocycles. The summed E-state index contributed by atoms with van der Waals surface area (Å²) in [4.78, 5) is 11.0. The van der Waals surface area contributed by atoms with Crippen LogP contribution in [0.3, 0.4) is 0 Å². The van der Waals surface area contributed by atoms with Gasteiger partial charge in [-0.1, -0.05) is 24.3 Å². The predicted molar refractivity (Wildman–Crippen MR) is 62.3 cm³/mol. The summed E-state index contributed by atoms with van der Waals surface area (Å²) in [6, 6.07) is 7.03. The van der Waals surface area contributed by atoms with Crippen LogP contribution in [0.25, 0.3) is 0 Å². The number of carbonyl (C=O) groups is 1. The van der Waals surface area contributed by atoms with E-state index in [9.17, 15) is 4.79 Å². The zero-order valence-electron chi connectivity index (χ0n) is 8.64. The number of hydrogen-bond donors (Lipinski definition) is 2. The van der Waals surface area contributed by atoms with E-state index in [1.54, 1.807) is 12.1 Å². The maximum Gasteiger partial charge on any atom is 0.159 e. The summed E-state index contributed by atoms with van der Waals surface area (Å²) >= 11 is 0. The molecule has 0 aliphatic rings. The second-order valence-corrected chi connectivity index (χ2v) is 3.30. The maximum absolute atomic E-state index is 11.0. The number of hydrogen-bond acceptors (Lipinski definition) is 3. The van der Waals surface area contributed by atoms with Crippen molar-refractivity contribution in [2.75, 3.05) is 6.61 Å². The fourth-order valence-electron chi connectivity index (χ4n) is 1.27. The number of benzene rings is 1. The van der Waals surface area contributed by atoms with Crippen LogP contribution in [-0.2, 0) is 0 Å². The minimum absolute atomic E-state index is 0. The first kappa shape index (κ1) is 14.1. The van der Waals surface area contributed by atoms with E-state index < -0.39 is 0 Å². The first-order valence-electron chi connectivity index (χ1n) is 4.62. The van der Waals surface area contributed by atoms with Gasteiger partial charge >= 0.3 is 0 Å². The SMILES string of the molecule is CC(=O)c1ccc(C(N)CCO)cc1.Cl. The monoisotopic (exact) mass is 229 g/mol. The topological polar surface area (TPSA) is 63.3 Å². The molecule has 1 aromatic carbocycles. The zero-order chi connectivity index (χ0) is 10.6. The molecule has 4 heteroatoms. The van der Waals surface area contributed by atoms with E-state index in [2.05, 4.69) is 0 Å². The molecule has 1 unspecified atom stereocenters. The molecule has 1 atom stereocenters. The van der Waals surface area contributed by atoms with Crippen LogP contribution in [0.15, 0.2) is 24.3 Å². The van der Waals surface area contributed by atoms with Crippen LogP contribution >= 0.6 is 12.4 Å². The van der Waals surface area contributed by atoms with Crippen LogP contribution in [0.4, 0.5) is 0 Å². The van der Waals surface area contributed by atoms with Crippen LogP contribution in [-0.4, -0.2) is 17.5 Å². The standard InChI is InChI=1S/C11H15NO2.ClH/c1-8(14)9-2-4-10(5-3-9)11(12)6-7-13;/h2-5,11,13H,6-7,12H2,1H3;1H. The minimum atomic E-state index is -0.152. The zero-order valence-corrected chi connectivity index (χ0v) is 9.46. The number of nitrogens with two attached hydrogens (primary N) is 1. The first-order chi connectivity index (χ1) is 6.65. The highest BCUT2D eigenvalue weighted by molar-refractivity contribution is 5.94. The Bertz CT molecular complexity index is 311. The van der Waals surface area contributed by atoms with Crippen LogP contribution < -0.4 is 5.73 Å². The summed E-state index contributed by atoms with van der Waals surface area (Å²) in [5, 5.41) is 8.71. The third-order valence-electron chi connectivity index (χ3n) is 2.19. The van der Waals surface area contributed by atoms with Gasteiger partial charge in [0.15, 0.2) is 5.78 Å². The van der Waals surface area contributed by atoms with Gasteiger partial charge in [-0.3, -0.25) is 4.79 Å². The van der Waals surface area contributed by atoms with Crippen molar-refractivity contribution in [3.63, 3.8) is 0 Å². The average molecular weight is 230 g/mol. The smallest absolute Gasteiger partial charge is 0.159 e. The van der Waals surface area contributed by atoms with E-state index in [0.29, 0.717) is 12.0 Å². The molecule has 3 nitrogen and oxygen atoms in total. The molecular weight excluding hydrogens is 214 g/mol. The van der Waals surface area contributed by atoms with Gasteiger partial charge in [0.1, 0.15) is 0 Å². The van der Waals surface area contributed by atoms with Crippen LogP contribution in [0.2, 0.25) is 0 Å². The highest BCUT2D eigenvalue weighted by atomic mass is 35.5. The molecule has 15 heavy (non-hydrogen) atoms. The van der Waals surface area contributed by atoms with Crippen molar-refractivity contribution in [2.24, 2.45) is 5.73 Å². The van der Waals surface area contributed by atoms with Gasteiger partial charge in [-0.05, 0) is 18.9 Å². The molecule has 84 valence electrons. The largest absolute Gasteiger partial charge is 0.396 e. The lowest BCUT2D eigenvalue weighted by atomic mass is 10.0. The Balaban J connectivity index is 0.00000196. The summed E-state index contributed by atoms with van der Waals surface area (Å²) in [7, 11) is 0. The van der Waals surface area contributed by atoms with Crippen molar-refractivity contribution in [3.8, 4) is 0 Å². The van der Waals surface area contributed by atoms with Gasteiger partial charge in [-0.25, -0.2) is 0 Å². The Kier molecular flexibility index (Phi) is 6.17. The third-order valence-corrected chi connectivity index (χ3v) is 2.19. The van der Waals surface area contributed by atoms with Gasteiger partial charge in [-0.15, -0.1) is 12.4 Å². The normalized spacial score (nSPS) is 11.7. The number of aliphatic hydroxyl groups excluding tert-OH is 1. The molecule has 0 spiro atoms. The van der Waals surface area contributed by atoms with E-state index in [1.165, 1.54) is 6.92 Å². The van der Waals surface area contributed by atoms with Crippen molar-refractivity contribution in [1.29, 1.82) is 0 Å². The molecule has 0 heterocycles. The van der Waals surface area contributed by atoms with Crippen LogP contribution in [0, 0.1) is 0 Å².